The van der Waals surface area contributed by atoms with Gasteiger partial charge in [-0.25, -0.2) is 4.79 Å². The number of carbonyl (C=O) groups is 1. The van der Waals surface area contributed by atoms with Crippen LogP contribution in [0.2, 0.25) is 0 Å². The lowest BCUT2D eigenvalue weighted by Crippen LogP contribution is -2.23. The van der Waals surface area contributed by atoms with Crippen molar-refractivity contribution in [3.05, 3.63) is 0 Å². The van der Waals surface area contributed by atoms with Crippen LogP contribution in [0.4, 0.5) is 0 Å². The topological polar surface area (TPSA) is 50.7 Å². The number of nitrogens with one attached hydrogen (secondary N) is 1. The summed E-state index contributed by atoms with van der Waals surface area (Å²) in [6, 6.07) is 0.113. The molecule has 1 aliphatic heterocycles. The Morgan fingerprint density at radius 2 is 2.57 bits per heavy atom. The molecule has 80 valence electrons. The minimum absolute atomic E-state index is 0.232. The second-order valence-electron chi connectivity index (χ2n) is 3.27. The van der Waals surface area contributed by atoms with Crippen LogP contribution in [0.15, 0.2) is 4.99 Å². The van der Waals surface area contributed by atoms with Gasteiger partial charge in [0.25, 0.3) is 0 Å². The molecule has 14 heavy (non-hydrogen) atoms. The summed E-state index contributed by atoms with van der Waals surface area (Å²) >= 11 is 1.65. The molecule has 0 bridgehead atoms. The molecule has 1 aliphatic rings. The van der Waals surface area contributed by atoms with E-state index >= 15 is 0 Å². The van der Waals surface area contributed by atoms with E-state index in [1.54, 1.807) is 11.8 Å². The van der Waals surface area contributed by atoms with Gasteiger partial charge in [-0.15, -0.1) is 11.8 Å². The largest absolute Gasteiger partial charge is 0.467 e. The van der Waals surface area contributed by atoms with E-state index < -0.39 is 0 Å². The third kappa shape index (κ3) is 2.99. The normalized spacial score (nSPS) is 23.1. The zero-order valence-corrected chi connectivity index (χ0v) is 9.56. The molecule has 0 amide bonds. The lowest BCUT2D eigenvalue weighted by atomic mass is 10.2. The average Bonchev–Trinajstić information content (AvgIpc) is 2.65. The predicted molar refractivity (Wildman–Crippen MR) is 58.8 cm³/mol. The summed E-state index contributed by atoms with van der Waals surface area (Å²) in [5.41, 5.74) is 0. The van der Waals surface area contributed by atoms with Crippen molar-refractivity contribution in [2.45, 2.75) is 25.4 Å². The van der Waals surface area contributed by atoms with E-state index in [0.717, 1.165) is 17.2 Å². The summed E-state index contributed by atoms with van der Waals surface area (Å²) in [5, 5.41) is 4.18. The number of hydrogen-bond acceptors (Lipinski definition) is 5. The van der Waals surface area contributed by atoms with Crippen molar-refractivity contribution in [1.82, 2.24) is 5.32 Å². The Kier molecular flexibility index (Phi) is 4.41. The van der Waals surface area contributed by atoms with E-state index in [9.17, 15) is 4.79 Å². The number of hydrogen-bond donors (Lipinski definition) is 1. The summed E-state index contributed by atoms with van der Waals surface area (Å²) < 4.78 is 4.64. The monoisotopic (exact) mass is 216 g/mol. The minimum Gasteiger partial charge on any atom is -0.467 e. The van der Waals surface area contributed by atoms with Crippen molar-refractivity contribution in [2.75, 3.05) is 19.9 Å². The van der Waals surface area contributed by atoms with Gasteiger partial charge in [-0.2, -0.15) is 0 Å². The molecule has 0 aromatic heterocycles. The second-order valence-corrected chi connectivity index (χ2v) is 4.36. The Morgan fingerprint density at radius 3 is 3.14 bits per heavy atom. The quantitative estimate of drug-likeness (QED) is 0.702. The van der Waals surface area contributed by atoms with Gasteiger partial charge in [-0.1, -0.05) is 0 Å². The van der Waals surface area contributed by atoms with Crippen LogP contribution in [0.3, 0.4) is 0 Å². The smallest absolute Gasteiger partial charge is 0.331 e. The van der Waals surface area contributed by atoms with Crippen molar-refractivity contribution in [2.24, 2.45) is 4.99 Å². The number of esters is 1. The highest BCUT2D eigenvalue weighted by atomic mass is 32.2. The molecule has 0 saturated carbocycles. The lowest BCUT2D eigenvalue weighted by molar-refractivity contribution is -0.141. The SMILES string of the molecule is CNC(C)CC1=NC(C(=O)OC)CS1. The Balaban J connectivity index is 2.46. The molecule has 0 radical (unpaired) electrons. The van der Waals surface area contributed by atoms with E-state index in [4.69, 9.17) is 0 Å². The van der Waals surface area contributed by atoms with E-state index in [1.807, 2.05) is 7.05 Å². The number of thioether (sulfide) groups is 1. The number of aliphatic imine (C=N–C) groups is 1. The van der Waals surface area contributed by atoms with Crippen molar-refractivity contribution >= 4 is 22.8 Å². The maximum absolute atomic E-state index is 11.2. The van der Waals surface area contributed by atoms with Crippen LogP contribution >= 0.6 is 11.8 Å². The number of carbonyl (C=O) groups excluding carboxylic acids is 1. The van der Waals surface area contributed by atoms with Crippen molar-refractivity contribution in [1.29, 1.82) is 0 Å². The molecule has 0 aliphatic carbocycles. The van der Waals surface area contributed by atoms with E-state index in [1.165, 1.54) is 7.11 Å². The van der Waals surface area contributed by atoms with Crippen LogP contribution in [0, 0.1) is 0 Å². The number of ether oxygens (including phenoxy) is 1. The molecule has 0 spiro atoms. The minimum atomic E-state index is -0.288. The summed E-state index contributed by atoms with van der Waals surface area (Å²) in [4.78, 5) is 15.5. The molecule has 0 saturated heterocycles. The first-order valence-electron chi connectivity index (χ1n) is 4.62. The van der Waals surface area contributed by atoms with Crippen LogP contribution in [0.5, 0.6) is 0 Å². The lowest BCUT2D eigenvalue weighted by Gasteiger charge is -2.07. The molecule has 5 heteroatoms. The van der Waals surface area contributed by atoms with Crippen LogP contribution in [-0.2, 0) is 9.53 Å². The zero-order valence-electron chi connectivity index (χ0n) is 8.74. The van der Waals surface area contributed by atoms with Crippen molar-refractivity contribution in [3.63, 3.8) is 0 Å². The first kappa shape index (κ1) is 11.5. The van der Waals surface area contributed by atoms with Gasteiger partial charge in [-0.05, 0) is 14.0 Å². The Hall–Kier alpha value is -0.550. The average molecular weight is 216 g/mol. The highest BCUT2D eigenvalue weighted by Crippen LogP contribution is 2.21. The van der Waals surface area contributed by atoms with Crippen LogP contribution < -0.4 is 5.32 Å². The maximum Gasteiger partial charge on any atom is 0.331 e. The second kappa shape index (κ2) is 5.36. The molecule has 4 nitrogen and oxygen atoms in total. The van der Waals surface area contributed by atoms with Crippen LogP contribution in [0.1, 0.15) is 13.3 Å². The highest BCUT2D eigenvalue weighted by molar-refractivity contribution is 8.14. The number of rotatable bonds is 4. The van der Waals surface area contributed by atoms with Gasteiger partial charge in [0.1, 0.15) is 0 Å². The van der Waals surface area contributed by atoms with Gasteiger partial charge in [-0.3, -0.25) is 4.99 Å². The fourth-order valence-electron chi connectivity index (χ4n) is 1.16. The Labute approximate surface area is 88.5 Å². The molecule has 0 fully saturated rings. The summed E-state index contributed by atoms with van der Waals surface area (Å²) in [7, 11) is 3.32. The van der Waals surface area contributed by atoms with Gasteiger partial charge >= 0.3 is 5.97 Å². The molecule has 0 aromatic rings. The van der Waals surface area contributed by atoms with Gasteiger partial charge < -0.3 is 10.1 Å². The van der Waals surface area contributed by atoms with Gasteiger partial charge in [0, 0.05) is 18.2 Å². The van der Waals surface area contributed by atoms with Gasteiger partial charge in [0.2, 0.25) is 0 Å². The summed E-state index contributed by atoms with van der Waals surface area (Å²) in [6.45, 7) is 2.09. The van der Waals surface area contributed by atoms with Crippen LogP contribution in [0.25, 0.3) is 0 Å². The highest BCUT2D eigenvalue weighted by Gasteiger charge is 2.25. The molecule has 1 rings (SSSR count). The maximum atomic E-state index is 11.2. The van der Waals surface area contributed by atoms with Gasteiger partial charge in [0.05, 0.1) is 12.2 Å². The first-order valence-corrected chi connectivity index (χ1v) is 5.60. The van der Waals surface area contributed by atoms with Gasteiger partial charge in [0.15, 0.2) is 6.04 Å². The number of nitrogens with zero attached hydrogens (tertiary/aromatic N) is 1. The van der Waals surface area contributed by atoms with E-state index in [-0.39, 0.29) is 12.0 Å². The molecule has 2 unspecified atom stereocenters. The molecule has 1 N–H and O–H groups in total. The Bertz CT molecular complexity index is 243. The first-order chi connectivity index (χ1) is 6.67. The third-order valence-corrected chi connectivity index (χ3v) is 3.24. The Morgan fingerprint density at radius 1 is 1.86 bits per heavy atom. The van der Waals surface area contributed by atoms with E-state index in [0.29, 0.717) is 6.04 Å². The molecule has 2 atom stereocenters. The molecular formula is C9H16N2O2S. The fraction of sp³-hybridized carbons (Fsp3) is 0.778. The van der Waals surface area contributed by atoms with Crippen molar-refractivity contribution < 1.29 is 9.53 Å². The summed E-state index contributed by atoms with van der Waals surface area (Å²) in [6.07, 6.45) is 0.884. The fourth-order valence-corrected chi connectivity index (χ4v) is 2.29. The zero-order chi connectivity index (χ0) is 10.6. The molecule has 1 heterocycles. The predicted octanol–water partition coefficient (Wildman–Crippen LogP) is 0.671. The van der Waals surface area contributed by atoms with E-state index in [2.05, 4.69) is 22.0 Å². The third-order valence-electron chi connectivity index (χ3n) is 2.15. The standard InChI is InChI=1S/C9H16N2O2S/c1-6(10-2)4-8-11-7(5-14-8)9(12)13-3/h6-7,10H,4-5H2,1-3H3. The molecular weight excluding hydrogens is 200 g/mol. The summed E-state index contributed by atoms with van der Waals surface area (Å²) in [5.74, 6) is 0.489. The van der Waals surface area contributed by atoms with Crippen LogP contribution in [-0.4, -0.2) is 43.0 Å². The van der Waals surface area contributed by atoms with Crippen molar-refractivity contribution in [3.8, 4) is 0 Å². The molecule has 0 aromatic carbocycles. The number of methoxy groups -OCH3 is 1.